The summed E-state index contributed by atoms with van der Waals surface area (Å²) in [4.78, 5) is 18.8. The quantitative estimate of drug-likeness (QED) is 0.460. The molecule has 0 bridgehead atoms. The number of carbonyl (C=O) groups is 1. The standard InChI is InChI=1S/C25H28FN3O4S/c1-2-28(24(30)22-12-6-7-13-23(22)26)16-20-15-27-25(29(20)17-21-11-8-14-33-21)34(31,32)18-19-9-4-3-5-10-19/h3-7,9-10,12-13,15,21H,2,8,11,14,16-18H2,1H3/t21-/m0/s1. The lowest BCUT2D eigenvalue weighted by atomic mass is 10.2. The Kier molecular flexibility index (Phi) is 7.43. The van der Waals surface area contributed by atoms with Gasteiger partial charge in [0.25, 0.3) is 5.91 Å². The van der Waals surface area contributed by atoms with E-state index in [1.807, 2.05) is 6.07 Å². The van der Waals surface area contributed by atoms with Gasteiger partial charge in [-0.05, 0) is 37.5 Å². The van der Waals surface area contributed by atoms with Crippen LogP contribution in [0.4, 0.5) is 4.39 Å². The minimum absolute atomic E-state index is 0.0218. The molecule has 1 aliphatic rings. The summed E-state index contributed by atoms with van der Waals surface area (Å²) >= 11 is 0. The molecule has 1 aromatic heterocycles. The lowest BCUT2D eigenvalue weighted by Crippen LogP contribution is -2.32. The first-order chi connectivity index (χ1) is 16.4. The van der Waals surface area contributed by atoms with Gasteiger partial charge in [0.05, 0.1) is 42.4 Å². The Bertz CT molecular complexity index is 1240. The Morgan fingerprint density at radius 1 is 1.18 bits per heavy atom. The highest BCUT2D eigenvalue weighted by Gasteiger charge is 2.28. The smallest absolute Gasteiger partial charge is 0.257 e. The normalized spacial score (nSPS) is 16.0. The molecule has 7 nitrogen and oxygen atoms in total. The zero-order valence-electron chi connectivity index (χ0n) is 19.1. The first-order valence-corrected chi connectivity index (χ1v) is 13.0. The summed E-state index contributed by atoms with van der Waals surface area (Å²) in [5.74, 6) is -1.23. The minimum Gasteiger partial charge on any atom is -0.376 e. The van der Waals surface area contributed by atoms with Crippen molar-refractivity contribution in [3.8, 4) is 0 Å². The minimum atomic E-state index is -3.75. The molecule has 1 aliphatic heterocycles. The summed E-state index contributed by atoms with van der Waals surface area (Å²) < 4.78 is 48.3. The third-order valence-electron chi connectivity index (χ3n) is 5.92. The molecule has 0 saturated carbocycles. The molecule has 0 radical (unpaired) electrons. The molecule has 180 valence electrons. The van der Waals surface area contributed by atoms with E-state index in [4.69, 9.17) is 4.74 Å². The molecular weight excluding hydrogens is 457 g/mol. The lowest BCUT2D eigenvalue weighted by molar-refractivity contribution is 0.0736. The van der Waals surface area contributed by atoms with Gasteiger partial charge in [-0.15, -0.1) is 0 Å². The van der Waals surface area contributed by atoms with E-state index in [1.165, 1.54) is 29.3 Å². The van der Waals surface area contributed by atoms with Crippen LogP contribution in [0.3, 0.4) is 0 Å². The third kappa shape index (κ3) is 5.37. The third-order valence-corrected chi connectivity index (χ3v) is 7.51. The highest BCUT2D eigenvalue weighted by Crippen LogP contribution is 2.23. The second kappa shape index (κ2) is 10.5. The molecule has 1 fully saturated rings. The largest absolute Gasteiger partial charge is 0.376 e. The van der Waals surface area contributed by atoms with E-state index in [1.54, 1.807) is 41.8 Å². The van der Waals surface area contributed by atoms with E-state index in [0.717, 1.165) is 12.8 Å². The van der Waals surface area contributed by atoms with Crippen LogP contribution in [-0.2, 0) is 33.4 Å². The predicted molar refractivity (Wildman–Crippen MR) is 125 cm³/mol. The SMILES string of the molecule is CCN(Cc1cnc(S(=O)(=O)Cc2ccccc2)n1C[C@@H]1CCCO1)C(=O)c1ccccc1F. The van der Waals surface area contributed by atoms with Gasteiger partial charge in [-0.3, -0.25) is 4.79 Å². The summed E-state index contributed by atoms with van der Waals surface area (Å²) in [6.45, 7) is 3.18. The van der Waals surface area contributed by atoms with Crippen molar-refractivity contribution in [1.29, 1.82) is 0 Å². The van der Waals surface area contributed by atoms with Crippen LogP contribution in [0, 0.1) is 5.82 Å². The number of ether oxygens (including phenoxy) is 1. The number of imidazole rings is 1. The highest BCUT2D eigenvalue weighted by atomic mass is 32.2. The van der Waals surface area contributed by atoms with Gasteiger partial charge in [0.1, 0.15) is 5.82 Å². The first kappa shape index (κ1) is 24.1. The number of halogens is 1. The van der Waals surface area contributed by atoms with Gasteiger partial charge in [0, 0.05) is 13.2 Å². The van der Waals surface area contributed by atoms with Crippen molar-refractivity contribution in [2.24, 2.45) is 0 Å². The van der Waals surface area contributed by atoms with Crippen LogP contribution in [0.2, 0.25) is 0 Å². The van der Waals surface area contributed by atoms with E-state index in [9.17, 15) is 17.6 Å². The molecule has 0 spiro atoms. The first-order valence-electron chi connectivity index (χ1n) is 11.4. The van der Waals surface area contributed by atoms with E-state index in [-0.39, 0.29) is 29.1 Å². The molecule has 34 heavy (non-hydrogen) atoms. The predicted octanol–water partition coefficient (Wildman–Crippen LogP) is 3.84. The second-order valence-corrected chi connectivity index (χ2v) is 10.2. The van der Waals surface area contributed by atoms with Crippen LogP contribution in [0.25, 0.3) is 0 Å². The van der Waals surface area contributed by atoms with Gasteiger partial charge in [-0.1, -0.05) is 42.5 Å². The Balaban J connectivity index is 1.65. The van der Waals surface area contributed by atoms with Crippen LogP contribution < -0.4 is 0 Å². The average Bonchev–Trinajstić information content (AvgIpc) is 3.48. The van der Waals surface area contributed by atoms with Crippen LogP contribution >= 0.6 is 0 Å². The highest BCUT2D eigenvalue weighted by molar-refractivity contribution is 7.90. The number of nitrogens with zero attached hydrogens (tertiary/aromatic N) is 3. The average molecular weight is 486 g/mol. The van der Waals surface area contributed by atoms with Crippen LogP contribution in [0.5, 0.6) is 0 Å². The molecule has 1 saturated heterocycles. The fraction of sp³-hybridized carbons (Fsp3) is 0.360. The van der Waals surface area contributed by atoms with Gasteiger partial charge < -0.3 is 14.2 Å². The van der Waals surface area contributed by atoms with E-state index in [2.05, 4.69) is 4.98 Å². The molecular formula is C25H28FN3O4S. The molecule has 0 unspecified atom stereocenters. The second-order valence-electron chi connectivity index (χ2n) is 8.32. The monoisotopic (exact) mass is 485 g/mol. The number of amides is 1. The van der Waals surface area contributed by atoms with Crippen LogP contribution in [0.15, 0.2) is 66.0 Å². The van der Waals surface area contributed by atoms with E-state index < -0.39 is 21.6 Å². The van der Waals surface area contributed by atoms with Crippen LogP contribution in [-0.4, -0.2) is 48.0 Å². The summed E-state index contributed by atoms with van der Waals surface area (Å²) in [7, 11) is -3.75. The van der Waals surface area contributed by atoms with Crippen LogP contribution in [0.1, 0.15) is 41.4 Å². The van der Waals surface area contributed by atoms with Crippen molar-refractivity contribution in [3.05, 3.63) is 83.4 Å². The fourth-order valence-corrected chi connectivity index (χ4v) is 5.64. The number of sulfone groups is 1. The number of hydrogen-bond acceptors (Lipinski definition) is 5. The van der Waals surface area contributed by atoms with Crippen molar-refractivity contribution in [3.63, 3.8) is 0 Å². The summed E-state index contributed by atoms with van der Waals surface area (Å²) in [6.07, 6.45) is 3.09. The molecule has 2 heterocycles. The molecule has 0 aliphatic carbocycles. The van der Waals surface area contributed by atoms with Gasteiger partial charge in [0.15, 0.2) is 0 Å². The van der Waals surface area contributed by atoms with Crippen molar-refractivity contribution < 1.29 is 22.3 Å². The Labute approximate surface area is 199 Å². The molecule has 0 N–H and O–H groups in total. The summed E-state index contributed by atoms with van der Waals surface area (Å²) in [5.41, 5.74) is 1.21. The van der Waals surface area contributed by atoms with Gasteiger partial charge in [-0.25, -0.2) is 17.8 Å². The zero-order chi connectivity index (χ0) is 24.1. The van der Waals surface area contributed by atoms with Crippen molar-refractivity contribution in [2.75, 3.05) is 13.2 Å². The van der Waals surface area contributed by atoms with Crippen molar-refractivity contribution >= 4 is 15.7 Å². The Morgan fingerprint density at radius 2 is 1.91 bits per heavy atom. The van der Waals surface area contributed by atoms with Gasteiger partial charge >= 0.3 is 0 Å². The number of aromatic nitrogens is 2. The summed E-state index contributed by atoms with van der Waals surface area (Å²) in [6, 6.07) is 14.8. The molecule has 1 atom stereocenters. The number of carbonyl (C=O) groups excluding carboxylic acids is 1. The lowest BCUT2D eigenvalue weighted by Gasteiger charge is -2.23. The molecule has 9 heteroatoms. The van der Waals surface area contributed by atoms with Gasteiger partial charge in [-0.2, -0.15) is 0 Å². The molecule has 2 aromatic carbocycles. The molecule has 1 amide bonds. The van der Waals surface area contributed by atoms with Gasteiger partial charge in [0.2, 0.25) is 15.0 Å². The number of benzene rings is 2. The summed E-state index contributed by atoms with van der Waals surface area (Å²) in [5, 5.41) is -0.0451. The Morgan fingerprint density at radius 3 is 2.59 bits per heavy atom. The molecule has 4 rings (SSSR count). The molecule has 3 aromatic rings. The van der Waals surface area contributed by atoms with Crippen molar-refractivity contribution in [2.45, 2.75) is 49.9 Å². The fourth-order valence-electron chi connectivity index (χ4n) is 4.14. The van der Waals surface area contributed by atoms with Crippen molar-refractivity contribution in [1.82, 2.24) is 14.5 Å². The van der Waals surface area contributed by atoms with E-state index >= 15 is 0 Å². The van der Waals surface area contributed by atoms with E-state index in [0.29, 0.717) is 31.0 Å². The number of hydrogen-bond donors (Lipinski definition) is 0. The maximum Gasteiger partial charge on any atom is 0.257 e. The topological polar surface area (TPSA) is 81.5 Å². The maximum atomic E-state index is 14.2. The zero-order valence-corrected chi connectivity index (χ0v) is 19.9. The number of rotatable bonds is 9. The maximum absolute atomic E-state index is 14.2. The Hall–Kier alpha value is -3.04.